The minimum atomic E-state index is -0.557. The third kappa shape index (κ3) is 2.75. The summed E-state index contributed by atoms with van der Waals surface area (Å²) < 4.78 is 0. The van der Waals surface area contributed by atoms with E-state index in [0.29, 0.717) is 23.7 Å². The molecule has 2 N–H and O–H groups in total. The Balaban J connectivity index is 1.61. The molecule has 186 valence electrons. The molecule has 4 saturated carbocycles. The first-order valence-electron chi connectivity index (χ1n) is 13.9. The maximum absolute atomic E-state index is 12.8. The molecule has 3 heteroatoms. The molecule has 33 heavy (non-hydrogen) atoms. The summed E-state index contributed by atoms with van der Waals surface area (Å²) in [6.45, 7) is 17.0. The molecule has 5 aliphatic rings. The van der Waals surface area contributed by atoms with Crippen LogP contribution in [0.5, 0.6) is 0 Å². The van der Waals surface area contributed by atoms with Gasteiger partial charge in [0.2, 0.25) is 0 Å². The molecule has 5 rings (SSSR count). The van der Waals surface area contributed by atoms with Gasteiger partial charge in [-0.05, 0) is 109 Å². The van der Waals surface area contributed by atoms with Crippen molar-refractivity contribution in [3.8, 4) is 0 Å². The fraction of sp³-hybridized carbons (Fsp3) is 0.900. The molecule has 4 fully saturated rings. The monoisotopic (exact) mass is 456 g/mol. The number of rotatable bonds is 1. The van der Waals surface area contributed by atoms with Crippen LogP contribution in [-0.4, -0.2) is 22.3 Å². The van der Waals surface area contributed by atoms with E-state index in [-0.39, 0.29) is 33.7 Å². The van der Waals surface area contributed by atoms with Crippen molar-refractivity contribution in [2.24, 2.45) is 56.7 Å². The third-order valence-corrected chi connectivity index (χ3v) is 13.4. The first-order chi connectivity index (χ1) is 15.3. The van der Waals surface area contributed by atoms with E-state index in [1.165, 1.54) is 18.4 Å². The van der Waals surface area contributed by atoms with Crippen molar-refractivity contribution in [2.45, 2.75) is 112 Å². The summed E-state index contributed by atoms with van der Waals surface area (Å²) in [4.78, 5) is 12.8. The fourth-order valence-electron chi connectivity index (χ4n) is 10.8. The Morgan fingerprint density at radius 2 is 1.61 bits per heavy atom. The summed E-state index contributed by atoms with van der Waals surface area (Å²) in [6.07, 6.45) is 11.6. The molecule has 0 heterocycles. The molecule has 0 bridgehead atoms. The lowest BCUT2D eigenvalue weighted by Crippen LogP contribution is -2.65. The average Bonchev–Trinajstić information content (AvgIpc) is 2.74. The van der Waals surface area contributed by atoms with E-state index in [1.54, 1.807) is 0 Å². The highest BCUT2D eigenvalue weighted by atomic mass is 16.4. The number of hydrogen-bond donors (Lipinski definition) is 2. The predicted octanol–water partition coefficient (Wildman–Crippen LogP) is 7.09. The number of aliphatic hydroxyl groups is 1. The smallest absolute Gasteiger partial charge is 0.310 e. The van der Waals surface area contributed by atoms with Gasteiger partial charge >= 0.3 is 5.97 Å². The lowest BCUT2D eigenvalue weighted by atomic mass is 9.33. The first kappa shape index (κ1) is 23.9. The number of hydrogen-bond acceptors (Lipinski definition) is 2. The van der Waals surface area contributed by atoms with E-state index in [2.05, 4.69) is 54.5 Å². The molecule has 0 aliphatic heterocycles. The SMILES string of the molecule is C[C@H]1[C@H]2C3=CC[C@H]4[C@@]5(C)CC[C@@H](O)C(C)(C)[C@@H]5CC[C@]4(C)[C@]3(C)CC[C@]2(C(=O)O)CC[C@@H]1C. The van der Waals surface area contributed by atoms with E-state index in [9.17, 15) is 15.0 Å². The highest BCUT2D eigenvalue weighted by molar-refractivity contribution is 5.76. The standard InChI is InChI=1S/C30H48O3/c1-18-10-15-30(25(32)33)17-16-28(6)20(24(30)19(18)2)8-9-22-27(5)13-12-23(31)26(3,4)21(27)11-14-29(22,28)7/h8,18-19,21-24,31H,9-17H2,1-7H3,(H,32,33)/t18-,19+,21-,22-,23+,24-,27-,28+,29-,30+/m0/s1. The van der Waals surface area contributed by atoms with Gasteiger partial charge in [0.15, 0.2) is 0 Å². The van der Waals surface area contributed by atoms with Gasteiger partial charge in [0.05, 0.1) is 11.5 Å². The van der Waals surface area contributed by atoms with Crippen LogP contribution < -0.4 is 0 Å². The molecule has 10 atom stereocenters. The fourth-order valence-corrected chi connectivity index (χ4v) is 10.8. The number of allylic oxidation sites excluding steroid dienone is 2. The molecule has 0 aromatic heterocycles. The van der Waals surface area contributed by atoms with Crippen LogP contribution >= 0.6 is 0 Å². The van der Waals surface area contributed by atoms with Crippen molar-refractivity contribution < 1.29 is 15.0 Å². The van der Waals surface area contributed by atoms with Gasteiger partial charge in [-0.1, -0.05) is 60.1 Å². The highest BCUT2D eigenvalue weighted by Gasteiger charge is 2.69. The zero-order chi connectivity index (χ0) is 24.2. The van der Waals surface area contributed by atoms with Crippen LogP contribution in [0.3, 0.4) is 0 Å². The molecule has 0 aromatic carbocycles. The Morgan fingerprint density at radius 1 is 0.909 bits per heavy atom. The van der Waals surface area contributed by atoms with Crippen molar-refractivity contribution in [3.05, 3.63) is 11.6 Å². The molecular formula is C30H48O3. The van der Waals surface area contributed by atoms with Gasteiger partial charge in [-0.3, -0.25) is 4.79 Å². The molecule has 0 amide bonds. The van der Waals surface area contributed by atoms with Crippen LogP contribution in [-0.2, 0) is 4.79 Å². The summed E-state index contributed by atoms with van der Waals surface area (Å²) in [6, 6.07) is 0. The van der Waals surface area contributed by atoms with Crippen molar-refractivity contribution in [2.75, 3.05) is 0 Å². The molecule has 3 nitrogen and oxygen atoms in total. The second-order valence-corrected chi connectivity index (χ2v) is 14.5. The van der Waals surface area contributed by atoms with E-state index in [0.717, 1.165) is 44.9 Å². The Hall–Kier alpha value is -0.830. The lowest BCUT2D eigenvalue weighted by molar-refractivity contribution is -0.206. The van der Waals surface area contributed by atoms with Crippen LogP contribution in [0.25, 0.3) is 0 Å². The molecule has 5 aliphatic carbocycles. The zero-order valence-electron chi connectivity index (χ0n) is 22.2. The van der Waals surface area contributed by atoms with Gasteiger partial charge in [-0.25, -0.2) is 0 Å². The summed E-state index contributed by atoms with van der Waals surface area (Å²) in [5.74, 6) is 1.82. The van der Waals surface area contributed by atoms with Crippen LogP contribution in [0.1, 0.15) is 106 Å². The normalized spacial score (nSPS) is 55.3. The van der Waals surface area contributed by atoms with E-state index in [4.69, 9.17) is 0 Å². The number of carboxylic acid groups (broad SMARTS) is 1. The average molecular weight is 457 g/mol. The summed E-state index contributed by atoms with van der Waals surface area (Å²) in [7, 11) is 0. The van der Waals surface area contributed by atoms with Gasteiger partial charge in [0.1, 0.15) is 0 Å². The minimum Gasteiger partial charge on any atom is -0.481 e. The zero-order valence-corrected chi connectivity index (χ0v) is 22.2. The van der Waals surface area contributed by atoms with Crippen molar-refractivity contribution in [3.63, 3.8) is 0 Å². The van der Waals surface area contributed by atoms with Crippen LogP contribution in [0.4, 0.5) is 0 Å². The summed E-state index contributed by atoms with van der Waals surface area (Å²) >= 11 is 0. The number of fused-ring (bicyclic) bond motifs is 7. The van der Waals surface area contributed by atoms with Gasteiger partial charge < -0.3 is 10.2 Å². The van der Waals surface area contributed by atoms with Crippen LogP contribution in [0, 0.1) is 56.7 Å². The van der Waals surface area contributed by atoms with Gasteiger partial charge in [-0.2, -0.15) is 0 Å². The van der Waals surface area contributed by atoms with Crippen molar-refractivity contribution in [1.82, 2.24) is 0 Å². The molecule has 0 saturated heterocycles. The van der Waals surface area contributed by atoms with Gasteiger partial charge in [-0.15, -0.1) is 0 Å². The van der Waals surface area contributed by atoms with Crippen molar-refractivity contribution >= 4 is 5.97 Å². The number of aliphatic carboxylic acids is 1. The molecule has 0 spiro atoms. The second-order valence-electron chi connectivity index (χ2n) is 14.5. The maximum atomic E-state index is 12.8. The van der Waals surface area contributed by atoms with Gasteiger partial charge in [0, 0.05) is 0 Å². The topological polar surface area (TPSA) is 57.5 Å². The van der Waals surface area contributed by atoms with E-state index < -0.39 is 11.4 Å². The van der Waals surface area contributed by atoms with Crippen molar-refractivity contribution in [1.29, 1.82) is 0 Å². The van der Waals surface area contributed by atoms with Crippen LogP contribution in [0.2, 0.25) is 0 Å². The van der Waals surface area contributed by atoms with Crippen LogP contribution in [0.15, 0.2) is 11.6 Å². The quantitative estimate of drug-likeness (QED) is 0.414. The molecule has 0 aromatic rings. The molecule has 0 unspecified atom stereocenters. The first-order valence-corrected chi connectivity index (χ1v) is 13.9. The Labute approximate surface area is 201 Å². The van der Waals surface area contributed by atoms with Gasteiger partial charge in [0.25, 0.3) is 0 Å². The van der Waals surface area contributed by atoms with E-state index in [1.807, 2.05) is 0 Å². The predicted molar refractivity (Wildman–Crippen MR) is 133 cm³/mol. The Morgan fingerprint density at radius 3 is 2.27 bits per heavy atom. The maximum Gasteiger partial charge on any atom is 0.310 e. The third-order valence-electron chi connectivity index (χ3n) is 13.4. The largest absolute Gasteiger partial charge is 0.481 e. The highest BCUT2D eigenvalue weighted by Crippen LogP contribution is 2.75. The lowest BCUT2D eigenvalue weighted by Gasteiger charge is -2.71. The van der Waals surface area contributed by atoms with E-state index >= 15 is 0 Å². The second kappa shape index (κ2) is 7.11. The molecular weight excluding hydrogens is 408 g/mol. The number of carbonyl (C=O) groups is 1. The summed E-state index contributed by atoms with van der Waals surface area (Å²) in [5, 5.41) is 21.4. The molecule has 0 radical (unpaired) electrons. The minimum absolute atomic E-state index is 0.0302. The number of carboxylic acids is 1. The Bertz CT molecular complexity index is 874. The Kier molecular flexibility index (Phi) is 5.15. The summed E-state index contributed by atoms with van der Waals surface area (Å²) in [5.41, 5.74) is 1.46. The number of aliphatic hydroxyl groups excluding tert-OH is 1.